The Morgan fingerprint density at radius 2 is 2.12 bits per heavy atom. The maximum Gasteiger partial charge on any atom is 0.264 e. The highest BCUT2D eigenvalue weighted by Crippen LogP contribution is 2.26. The van der Waals surface area contributed by atoms with Gasteiger partial charge in [0, 0.05) is 45.3 Å². The first-order chi connectivity index (χ1) is 12.1. The standard InChI is InChI=1S/C18H21N5OS/c1-22(2)15-6-4-14(5-7-15)12-16-17(24)21-18(25-16)20-8-3-10-23-11-9-19-13-23/h4-7,9,11-13H,3,8,10H2,1-2H3,(H,20,21,24)/b16-12+. The van der Waals surface area contributed by atoms with Crippen molar-refractivity contribution in [2.24, 2.45) is 4.99 Å². The molecule has 0 bridgehead atoms. The van der Waals surface area contributed by atoms with Gasteiger partial charge in [-0.05, 0) is 42.0 Å². The van der Waals surface area contributed by atoms with E-state index in [1.165, 1.54) is 11.8 Å². The molecule has 2 heterocycles. The molecule has 1 aliphatic rings. The Morgan fingerprint density at radius 3 is 2.80 bits per heavy atom. The normalized spacial score (nSPS) is 17.3. The molecular formula is C18H21N5OS. The zero-order valence-electron chi connectivity index (χ0n) is 14.3. The van der Waals surface area contributed by atoms with E-state index in [9.17, 15) is 4.79 Å². The van der Waals surface area contributed by atoms with Crippen molar-refractivity contribution in [1.82, 2.24) is 14.9 Å². The minimum atomic E-state index is -0.0879. The fraction of sp³-hybridized carbons (Fsp3) is 0.278. The third kappa shape index (κ3) is 4.73. The topological polar surface area (TPSA) is 62.5 Å². The Labute approximate surface area is 151 Å². The number of nitrogens with one attached hydrogen (secondary N) is 1. The average Bonchev–Trinajstić information content (AvgIpc) is 3.22. The molecule has 2 aromatic rings. The zero-order chi connectivity index (χ0) is 17.6. The SMILES string of the molecule is CN(C)c1ccc(/C=C2/SC(=NCCCn3ccnc3)NC2=O)cc1. The molecule has 6 nitrogen and oxygen atoms in total. The summed E-state index contributed by atoms with van der Waals surface area (Å²) in [6.45, 7) is 1.54. The number of nitrogens with zero attached hydrogens (tertiary/aromatic N) is 4. The number of carbonyl (C=O) groups is 1. The summed E-state index contributed by atoms with van der Waals surface area (Å²) in [5, 5.41) is 3.50. The van der Waals surface area contributed by atoms with Gasteiger partial charge in [-0.2, -0.15) is 0 Å². The second-order valence-electron chi connectivity index (χ2n) is 5.89. The van der Waals surface area contributed by atoms with Crippen LogP contribution in [0.25, 0.3) is 6.08 Å². The van der Waals surface area contributed by atoms with Crippen LogP contribution in [0.5, 0.6) is 0 Å². The number of thioether (sulfide) groups is 1. The Hall–Kier alpha value is -2.54. The molecule has 0 aliphatic carbocycles. The van der Waals surface area contributed by atoms with Crippen LogP contribution in [0, 0.1) is 0 Å². The summed E-state index contributed by atoms with van der Waals surface area (Å²) in [4.78, 5) is 23.3. The van der Waals surface area contributed by atoms with Crippen LogP contribution in [0.2, 0.25) is 0 Å². The molecule has 0 spiro atoms. The fourth-order valence-corrected chi connectivity index (χ4v) is 3.22. The van der Waals surface area contributed by atoms with Crippen molar-refractivity contribution >= 4 is 34.6 Å². The Kier molecular flexibility index (Phi) is 5.55. The third-order valence-electron chi connectivity index (χ3n) is 3.75. The molecule has 1 aliphatic heterocycles. The van der Waals surface area contributed by atoms with Crippen LogP contribution >= 0.6 is 11.8 Å². The zero-order valence-corrected chi connectivity index (χ0v) is 15.2. The van der Waals surface area contributed by atoms with Crippen LogP contribution in [0.1, 0.15) is 12.0 Å². The molecule has 1 fully saturated rings. The van der Waals surface area contributed by atoms with Gasteiger partial charge in [-0.15, -0.1) is 0 Å². The summed E-state index contributed by atoms with van der Waals surface area (Å²) in [6, 6.07) is 8.09. The molecule has 130 valence electrons. The number of amides is 1. The monoisotopic (exact) mass is 355 g/mol. The van der Waals surface area contributed by atoms with Gasteiger partial charge in [0.2, 0.25) is 0 Å². The molecule has 0 unspecified atom stereocenters. The second-order valence-corrected chi connectivity index (χ2v) is 6.92. The number of carbonyl (C=O) groups excluding carboxylic acids is 1. The summed E-state index contributed by atoms with van der Waals surface area (Å²) in [5.74, 6) is -0.0879. The number of hydrogen-bond donors (Lipinski definition) is 1. The number of amidine groups is 1. The van der Waals surface area contributed by atoms with Crippen molar-refractivity contribution in [1.29, 1.82) is 0 Å². The van der Waals surface area contributed by atoms with E-state index in [4.69, 9.17) is 0 Å². The van der Waals surface area contributed by atoms with Gasteiger partial charge in [-0.3, -0.25) is 9.79 Å². The van der Waals surface area contributed by atoms with Gasteiger partial charge in [0.25, 0.3) is 5.91 Å². The number of aromatic nitrogens is 2. The van der Waals surface area contributed by atoms with Crippen molar-refractivity contribution in [3.05, 3.63) is 53.5 Å². The number of imidazole rings is 1. The summed E-state index contributed by atoms with van der Waals surface area (Å²) in [6.07, 6.45) is 8.29. The van der Waals surface area contributed by atoms with Crippen molar-refractivity contribution in [2.45, 2.75) is 13.0 Å². The van der Waals surface area contributed by atoms with Crippen molar-refractivity contribution < 1.29 is 4.79 Å². The predicted octanol–water partition coefficient (Wildman–Crippen LogP) is 2.60. The van der Waals surface area contributed by atoms with E-state index >= 15 is 0 Å². The van der Waals surface area contributed by atoms with Gasteiger partial charge < -0.3 is 14.8 Å². The summed E-state index contributed by atoms with van der Waals surface area (Å²) >= 11 is 1.39. The summed E-state index contributed by atoms with van der Waals surface area (Å²) in [7, 11) is 4.01. The highest BCUT2D eigenvalue weighted by Gasteiger charge is 2.23. The lowest BCUT2D eigenvalue weighted by Crippen LogP contribution is -2.20. The summed E-state index contributed by atoms with van der Waals surface area (Å²) in [5.41, 5.74) is 2.13. The van der Waals surface area contributed by atoms with E-state index in [1.54, 1.807) is 12.5 Å². The molecule has 3 rings (SSSR count). The number of aryl methyl sites for hydroxylation is 1. The number of aliphatic imine (C=N–C) groups is 1. The summed E-state index contributed by atoms with van der Waals surface area (Å²) < 4.78 is 2.02. The van der Waals surface area contributed by atoms with Crippen LogP contribution in [0.3, 0.4) is 0 Å². The number of hydrogen-bond acceptors (Lipinski definition) is 5. The van der Waals surface area contributed by atoms with Gasteiger partial charge in [0.05, 0.1) is 11.2 Å². The van der Waals surface area contributed by atoms with Crippen LogP contribution in [0.15, 0.2) is 52.9 Å². The number of anilines is 1. The van der Waals surface area contributed by atoms with Gasteiger partial charge in [0.15, 0.2) is 5.17 Å². The lowest BCUT2D eigenvalue weighted by molar-refractivity contribution is -0.115. The minimum Gasteiger partial charge on any atom is -0.378 e. The van der Waals surface area contributed by atoms with Gasteiger partial charge in [-0.1, -0.05) is 12.1 Å². The maximum atomic E-state index is 12.1. The molecule has 1 amide bonds. The molecule has 25 heavy (non-hydrogen) atoms. The third-order valence-corrected chi connectivity index (χ3v) is 4.69. The number of benzene rings is 1. The quantitative estimate of drug-likeness (QED) is 0.639. The van der Waals surface area contributed by atoms with E-state index in [0.29, 0.717) is 16.6 Å². The fourth-order valence-electron chi connectivity index (χ4n) is 2.37. The highest BCUT2D eigenvalue weighted by atomic mass is 32.2. The minimum absolute atomic E-state index is 0.0879. The van der Waals surface area contributed by atoms with E-state index < -0.39 is 0 Å². The van der Waals surface area contributed by atoms with Crippen LogP contribution in [0.4, 0.5) is 5.69 Å². The Bertz CT molecular complexity index is 778. The van der Waals surface area contributed by atoms with Gasteiger partial charge in [-0.25, -0.2) is 4.98 Å². The van der Waals surface area contributed by atoms with Crippen molar-refractivity contribution in [3.8, 4) is 0 Å². The smallest absolute Gasteiger partial charge is 0.264 e. The molecule has 1 aromatic carbocycles. The van der Waals surface area contributed by atoms with Crippen LogP contribution in [-0.4, -0.2) is 41.3 Å². The van der Waals surface area contributed by atoms with E-state index in [0.717, 1.165) is 24.2 Å². The Morgan fingerprint density at radius 1 is 1.32 bits per heavy atom. The molecule has 7 heteroatoms. The van der Waals surface area contributed by atoms with E-state index in [-0.39, 0.29) is 5.91 Å². The van der Waals surface area contributed by atoms with Crippen molar-refractivity contribution in [3.63, 3.8) is 0 Å². The van der Waals surface area contributed by atoms with Gasteiger partial charge in [0.1, 0.15) is 0 Å². The van der Waals surface area contributed by atoms with Gasteiger partial charge >= 0.3 is 0 Å². The van der Waals surface area contributed by atoms with Crippen molar-refractivity contribution in [2.75, 3.05) is 25.5 Å². The molecule has 0 radical (unpaired) electrons. The molecule has 0 saturated carbocycles. The molecule has 1 N–H and O–H groups in total. The average molecular weight is 355 g/mol. The Balaban J connectivity index is 1.56. The van der Waals surface area contributed by atoms with E-state index in [1.807, 2.05) is 60.1 Å². The largest absolute Gasteiger partial charge is 0.378 e. The first-order valence-electron chi connectivity index (χ1n) is 8.10. The van der Waals surface area contributed by atoms with Crippen LogP contribution < -0.4 is 10.2 Å². The lowest BCUT2D eigenvalue weighted by Gasteiger charge is -2.11. The first kappa shape index (κ1) is 17.3. The molecule has 0 atom stereocenters. The van der Waals surface area contributed by atoms with Crippen LogP contribution in [-0.2, 0) is 11.3 Å². The molecule has 1 aromatic heterocycles. The molecular weight excluding hydrogens is 334 g/mol. The second kappa shape index (κ2) is 8.02. The lowest BCUT2D eigenvalue weighted by atomic mass is 10.2. The number of rotatable bonds is 6. The predicted molar refractivity (Wildman–Crippen MR) is 104 cm³/mol. The first-order valence-corrected chi connectivity index (χ1v) is 8.92. The van der Waals surface area contributed by atoms with E-state index in [2.05, 4.69) is 15.3 Å². The highest BCUT2D eigenvalue weighted by molar-refractivity contribution is 8.18. The maximum absolute atomic E-state index is 12.1. The molecule has 1 saturated heterocycles.